The molecule has 9 rings (SSSR count). The Bertz CT molecular complexity index is 2790. The largest absolute Gasteiger partial charge is 0.508 e. The van der Waals surface area contributed by atoms with Gasteiger partial charge in [-0.25, -0.2) is 0 Å². The molecule has 404 valence electrons. The van der Waals surface area contributed by atoms with Crippen LogP contribution in [0.3, 0.4) is 0 Å². The molecule has 3 fully saturated rings. The van der Waals surface area contributed by atoms with Gasteiger partial charge in [-0.15, -0.1) is 0 Å². The highest BCUT2D eigenvalue weighted by molar-refractivity contribution is 5.98. The molecular weight excluding hydrogens is 951 g/mol. The van der Waals surface area contributed by atoms with Crippen molar-refractivity contribution in [3.63, 3.8) is 0 Å². The minimum atomic E-state index is -1.32. The number of carbonyl (C=O) groups is 2. The molecule has 3 aromatic rings. The number of nitrogens with two attached hydrogens (primary N) is 1. The molecule has 76 heavy (non-hydrogen) atoms. The summed E-state index contributed by atoms with van der Waals surface area (Å²) in [5.41, 5.74) is 13.8. The van der Waals surface area contributed by atoms with Crippen molar-refractivity contribution in [1.82, 2.24) is 10.6 Å². The van der Waals surface area contributed by atoms with Crippen LogP contribution in [0.5, 0.6) is 5.75 Å². The lowest BCUT2D eigenvalue weighted by atomic mass is 9.52. The Labute approximate surface area is 450 Å². The van der Waals surface area contributed by atoms with Crippen molar-refractivity contribution in [1.29, 1.82) is 0 Å². The van der Waals surface area contributed by atoms with Crippen molar-refractivity contribution in [3.05, 3.63) is 159 Å². The van der Waals surface area contributed by atoms with Crippen molar-refractivity contribution in [2.24, 2.45) is 34.8 Å². The molecular formula is C65H81N3O8. The Morgan fingerprint density at radius 3 is 2.45 bits per heavy atom. The number of amides is 1. The van der Waals surface area contributed by atoms with Crippen LogP contribution in [0, 0.1) is 40.9 Å². The van der Waals surface area contributed by atoms with Gasteiger partial charge in [0.25, 0.3) is 0 Å². The van der Waals surface area contributed by atoms with Gasteiger partial charge in [0.15, 0.2) is 5.78 Å². The zero-order valence-electron chi connectivity index (χ0n) is 44.7. The molecule has 1 spiro atoms. The monoisotopic (exact) mass is 1030 g/mol. The third kappa shape index (κ3) is 12.3. The molecule has 3 aromatic carbocycles. The van der Waals surface area contributed by atoms with E-state index in [0.717, 1.165) is 52.7 Å². The lowest BCUT2D eigenvalue weighted by Gasteiger charge is -2.56. The van der Waals surface area contributed by atoms with Crippen LogP contribution >= 0.6 is 0 Å². The van der Waals surface area contributed by atoms with Gasteiger partial charge in [-0.3, -0.25) is 14.9 Å². The van der Waals surface area contributed by atoms with E-state index in [1.807, 2.05) is 74.5 Å². The number of nitrogens with one attached hydrogen (secondary N) is 2. The molecule has 0 aromatic heterocycles. The highest BCUT2D eigenvalue weighted by Gasteiger charge is 2.64. The number of ether oxygens (including phenoxy) is 1. The van der Waals surface area contributed by atoms with Crippen molar-refractivity contribution in [2.45, 2.75) is 159 Å². The van der Waals surface area contributed by atoms with Gasteiger partial charge in [0.05, 0.1) is 30.5 Å². The average Bonchev–Trinajstić information content (AvgIpc) is 4.06. The summed E-state index contributed by atoms with van der Waals surface area (Å²) in [7, 11) is 0. The standard InChI is InChI=1S/C65H81N3O8/c1-41-12-8-19-47(46-16-4-5-17-46)18-6-7-33-76-40-49(21-9-13-41)54-30-32-65(61(54)73)56-28-27-52(70)37-45-15-10-14-44(34-45)36-50(35-43-23-25-51(69)26-24-43)58(72)39-67-60-59-48(20-11-22-55(59)62(66)68-63(60)74)38-57(71)42(2)53(56)29-31-64(65,3)75/h9-11,13-15,19-26,34,46,50,52,54,56,58,60-62,67,69-70,72-73,75H,1,4-5,8,12,16-18,27-33,35-40,66H2,2-3H3,(H,68,74)/b13-9+,47-19-,49-21-,53-42+/t50-,52-,54+,56+,58+,60+,61+,62+,64+,65+/m0/s1. The summed E-state index contributed by atoms with van der Waals surface area (Å²) in [6.45, 7) is 8.67. The molecule has 3 aliphatic carbocycles. The van der Waals surface area contributed by atoms with E-state index < -0.39 is 47.5 Å². The quantitative estimate of drug-likeness (QED) is 0.0924. The second-order valence-electron chi connectivity index (χ2n) is 23.2. The molecule has 0 radical (unpaired) electrons. The zero-order chi connectivity index (χ0) is 53.6. The highest BCUT2D eigenvalue weighted by Crippen LogP contribution is 2.63. The first kappa shape index (κ1) is 55.3. The number of aliphatic hydroxyl groups is 4. The van der Waals surface area contributed by atoms with E-state index in [2.05, 4.69) is 47.3 Å². The number of fused-ring (bicyclic) bond motifs is 4. The second-order valence-corrected chi connectivity index (χ2v) is 23.2. The zero-order valence-corrected chi connectivity index (χ0v) is 44.7. The number of β-amino-alcohol motifs (C(OH)–C–C–N with tert-alkyl or cyclic N) is 1. The van der Waals surface area contributed by atoms with Crippen molar-refractivity contribution < 1.29 is 39.9 Å². The van der Waals surface area contributed by atoms with Crippen LogP contribution in [-0.4, -0.2) is 80.9 Å². The third-order valence-electron chi connectivity index (χ3n) is 18.4. The van der Waals surface area contributed by atoms with Crippen molar-refractivity contribution >= 4 is 11.7 Å². The predicted molar refractivity (Wildman–Crippen MR) is 297 cm³/mol. The summed E-state index contributed by atoms with van der Waals surface area (Å²) in [6.07, 6.45) is 16.4. The van der Waals surface area contributed by atoms with Gasteiger partial charge in [-0.05, 0) is 172 Å². The molecule has 10 atom stereocenters. The number of Topliss-reactive ketones (excluding diaryl/α,β-unsaturated/α-hetero) is 1. The second kappa shape index (κ2) is 24.5. The summed E-state index contributed by atoms with van der Waals surface area (Å²) in [5, 5.41) is 66.5. The fourth-order valence-electron chi connectivity index (χ4n) is 14.1. The van der Waals surface area contributed by atoms with Crippen LogP contribution < -0.4 is 16.4 Å². The maximum absolute atomic E-state index is 15.1. The first-order chi connectivity index (χ1) is 36.6. The van der Waals surface area contributed by atoms with E-state index in [9.17, 15) is 30.3 Å². The van der Waals surface area contributed by atoms with Crippen LogP contribution in [0.25, 0.3) is 0 Å². The Morgan fingerprint density at radius 1 is 0.895 bits per heavy atom. The van der Waals surface area contributed by atoms with Gasteiger partial charge in [-0.2, -0.15) is 0 Å². The van der Waals surface area contributed by atoms with Crippen LogP contribution in [0.1, 0.15) is 143 Å². The number of phenols is 1. The molecule has 3 saturated carbocycles. The highest BCUT2D eigenvalue weighted by atomic mass is 16.5. The Balaban J connectivity index is 1.06. The molecule has 2 bridgehead atoms. The van der Waals surface area contributed by atoms with E-state index in [4.69, 9.17) is 10.5 Å². The molecule has 1 amide bonds. The number of aliphatic hydroxyl groups excluding tert-OH is 3. The molecule has 11 nitrogen and oxygen atoms in total. The number of hydrogen-bond donors (Lipinski definition) is 8. The van der Waals surface area contributed by atoms with Gasteiger partial charge >= 0.3 is 0 Å². The molecule has 0 saturated heterocycles. The topological polar surface area (TPSA) is 195 Å². The third-order valence-corrected chi connectivity index (χ3v) is 18.4. The normalized spacial score (nSPS) is 34.4. The van der Waals surface area contributed by atoms with Gasteiger partial charge in [0.2, 0.25) is 5.91 Å². The number of rotatable bonds is 4. The molecule has 9 N–H and O–H groups in total. The first-order valence-electron chi connectivity index (χ1n) is 28.1. The molecule has 6 aliphatic rings. The molecule has 3 heterocycles. The number of hydrogen-bond acceptors (Lipinski definition) is 10. The summed E-state index contributed by atoms with van der Waals surface area (Å²) >= 11 is 0. The number of benzene rings is 3. The number of allylic oxidation sites excluding steroid dienone is 8. The maximum atomic E-state index is 15.1. The summed E-state index contributed by atoms with van der Waals surface area (Å²) in [5.74, 6) is 5.81. The number of aromatic hydroxyl groups is 1. The summed E-state index contributed by atoms with van der Waals surface area (Å²) in [4.78, 5) is 29.1. The first-order valence-corrected chi connectivity index (χ1v) is 28.1. The van der Waals surface area contributed by atoms with Crippen LogP contribution in [0.4, 0.5) is 0 Å². The van der Waals surface area contributed by atoms with Gasteiger partial charge in [0.1, 0.15) is 24.6 Å². The van der Waals surface area contributed by atoms with Gasteiger partial charge < -0.3 is 41.3 Å². The van der Waals surface area contributed by atoms with Gasteiger partial charge in [0, 0.05) is 30.7 Å². The van der Waals surface area contributed by atoms with Gasteiger partial charge in [-0.1, -0.05) is 127 Å². The van der Waals surface area contributed by atoms with Crippen LogP contribution in [-0.2, 0) is 40.0 Å². The smallest absolute Gasteiger partial charge is 0.243 e. The molecule has 3 aliphatic heterocycles. The Morgan fingerprint density at radius 2 is 1.66 bits per heavy atom. The van der Waals surface area contributed by atoms with Crippen LogP contribution in [0.2, 0.25) is 0 Å². The number of ketones is 1. The minimum Gasteiger partial charge on any atom is -0.508 e. The van der Waals surface area contributed by atoms with E-state index in [1.54, 1.807) is 12.1 Å². The summed E-state index contributed by atoms with van der Waals surface area (Å²) in [6, 6.07) is 19.7. The van der Waals surface area contributed by atoms with Crippen LogP contribution in [0.15, 0.2) is 125 Å². The average molecular weight is 1030 g/mol. The maximum Gasteiger partial charge on any atom is 0.243 e. The van der Waals surface area contributed by atoms with Crippen molar-refractivity contribution in [2.75, 3.05) is 19.8 Å². The fraction of sp³-hybridized carbons (Fsp3) is 0.508. The van der Waals surface area contributed by atoms with E-state index in [0.29, 0.717) is 86.0 Å². The SMILES string of the molecule is C=C1/C=C/C=C(\[C@H]2CC[C@@]3([C@@H]4CC[C@H](O)Cc5cccc(c5)C[C@H](Cc5ccc(O)cc5)[C@H](O)CN[C@H]5C(=O)N[C@@H](N)c6cccc(c65)CC(=O)/C(C)=C/4CC[C@@]3(C)O)[C@@H]2O)COCC#CC/C(C2CCCC2)=C/CC1. The Hall–Kier alpha value is -5.42. The van der Waals surface area contributed by atoms with E-state index >= 15 is 4.79 Å². The van der Waals surface area contributed by atoms with E-state index in [-0.39, 0.29) is 55.5 Å². The minimum absolute atomic E-state index is 0.0238. The predicted octanol–water partition coefficient (Wildman–Crippen LogP) is 8.98. The van der Waals surface area contributed by atoms with Crippen molar-refractivity contribution in [3.8, 4) is 17.6 Å². The van der Waals surface area contributed by atoms with E-state index in [1.165, 1.54) is 31.3 Å². The molecule has 0 unspecified atom stereocenters. The summed E-state index contributed by atoms with van der Waals surface area (Å²) < 4.78 is 6.31. The number of carbonyl (C=O) groups excluding carboxylic acids is 2. The fourth-order valence-corrected chi connectivity index (χ4v) is 14.1. The Kier molecular flexibility index (Phi) is 17.8. The molecule has 11 heteroatoms. The lowest BCUT2D eigenvalue weighted by molar-refractivity contribution is -0.168. The number of phenolic OH excluding ortho intramolecular Hbond substituents is 1. The lowest BCUT2D eigenvalue weighted by Crippen LogP contribution is -2.59.